The van der Waals surface area contributed by atoms with Gasteiger partial charge in [-0.3, -0.25) is 0 Å². The zero-order valence-electron chi connectivity index (χ0n) is 14.3. The van der Waals surface area contributed by atoms with Crippen molar-refractivity contribution in [1.29, 1.82) is 0 Å². The number of benzene rings is 1. The van der Waals surface area contributed by atoms with Crippen LogP contribution in [-0.4, -0.2) is 62.1 Å². The first kappa shape index (κ1) is 18.5. The van der Waals surface area contributed by atoms with Crippen molar-refractivity contribution in [1.82, 2.24) is 0 Å². The van der Waals surface area contributed by atoms with Gasteiger partial charge in [-0.2, -0.15) is 0 Å². The van der Waals surface area contributed by atoms with Gasteiger partial charge in [-0.25, -0.2) is 14.0 Å². The van der Waals surface area contributed by atoms with Crippen molar-refractivity contribution in [3.8, 4) is 5.75 Å². The van der Waals surface area contributed by atoms with Crippen molar-refractivity contribution in [2.24, 2.45) is 0 Å². The van der Waals surface area contributed by atoms with Crippen LogP contribution < -0.4 is 9.96 Å². The molecule has 0 aliphatic carbocycles. The molecule has 4 rings (SSSR count). The second kappa shape index (κ2) is 7.62. The first-order valence-corrected chi connectivity index (χ1v) is 10.2. The van der Waals surface area contributed by atoms with E-state index >= 15 is 0 Å². The Morgan fingerprint density at radius 1 is 1.30 bits per heavy atom. The molecule has 2 saturated heterocycles. The topological polar surface area (TPSA) is 101 Å². The number of ether oxygens (including phenoxy) is 4. The summed E-state index contributed by atoms with van der Waals surface area (Å²) in [6.07, 6.45) is 0.648. The van der Waals surface area contributed by atoms with Crippen molar-refractivity contribution in [2.75, 3.05) is 26.2 Å². The molecular weight excluding hydrogens is 381 g/mol. The maximum Gasteiger partial charge on any atom is 0.531 e. The molecule has 0 spiro atoms. The SMILES string of the molecule is O=C(OCOC(=O)c1c(F)ccc2c1OB(O)C1CP21)OC1CCOCC1. The van der Waals surface area contributed by atoms with Gasteiger partial charge in [0.1, 0.15) is 23.2 Å². The summed E-state index contributed by atoms with van der Waals surface area (Å²) in [7, 11) is -1.69. The molecule has 0 saturated carbocycles. The van der Waals surface area contributed by atoms with E-state index in [-0.39, 0.29) is 17.4 Å². The first-order chi connectivity index (χ1) is 13.0. The molecule has 2 fully saturated rings. The summed E-state index contributed by atoms with van der Waals surface area (Å²) >= 11 is 0. The maximum atomic E-state index is 14.2. The molecule has 2 unspecified atom stereocenters. The third kappa shape index (κ3) is 3.88. The fourth-order valence-electron chi connectivity index (χ4n) is 3.13. The van der Waals surface area contributed by atoms with Gasteiger partial charge in [-0.15, -0.1) is 0 Å². The summed E-state index contributed by atoms with van der Waals surface area (Å²) in [6, 6.07) is 2.75. The lowest BCUT2D eigenvalue weighted by atomic mass is 9.86. The minimum atomic E-state index is -1.05. The average molecular weight is 398 g/mol. The van der Waals surface area contributed by atoms with Gasteiger partial charge in [0.2, 0.25) is 6.79 Å². The highest BCUT2D eigenvalue weighted by Gasteiger charge is 2.54. The Labute approximate surface area is 155 Å². The van der Waals surface area contributed by atoms with Crippen LogP contribution in [0.1, 0.15) is 23.2 Å². The molecule has 11 heteroatoms. The largest absolute Gasteiger partial charge is 0.535 e. The monoisotopic (exact) mass is 398 g/mol. The number of carbonyl (C=O) groups excluding carboxylic acids is 2. The van der Waals surface area contributed by atoms with E-state index in [0.717, 1.165) is 11.5 Å². The van der Waals surface area contributed by atoms with E-state index in [1.54, 1.807) is 6.07 Å². The Hall–Kier alpha value is -1.90. The molecule has 0 amide bonds. The van der Waals surface area contributed by atoms with Crippen LogP contribution in [0.3, 0.4) is 0 Å². The molecule has 2 atom stereocenters. The normalized spacial score (nSPS) is 23.6. The molecule has 8 nitrogen and oxygen atoms in total. The average Bonchev–Trinajstić information content (AvgIpc) is 3.44. The van der Waals surface area contributed by atoms with Crippen LogP contribution in [0, 0.1) is 5.82 Å². The summed E-state index contributed by atoms with van der Waals surface area (Å²) in [5.41, 5.74) is -0.370. The third-order valence-electron chi connectivity index (χ3n) is 4.62. The summed E-state index contributed by atoms with van der Waals surface area (Å²) in [5, 5.41) is 10.6. The smallest absolute Gasteiger partial charge is 0.531 e. The second-order valence-corrected chi connectivity index (χ2v) is 8.82. The molecule has 3 heterocycles. The molecule has 3 aliphatic heterocycles. The Bertz CT molecular complexity index is 756. The molecule has 27 heavy (non-hydrogen) atoms. The zero-order chi connectivity index (χ0) is 19.0. The Morgan fingerprint density at radius 2 is 2.07 bits per heavy atom. The highest BCUT2D eigenvalue weighted by Crippen LogP contribution is 2.62. The van der Waals surface area contributed by atoms with E-state index in [4.69, 9.17) is 23.6 Å². The molecule has 0 radical (unpaired) electrons. The van der Waals surface area contributed by atoms with Crippen molar-refractivity contribution in [2.45, 2.75) is 24.5 Å². The molecule has 144 valence electrons. The highest BCUT2D eigenvalue weighted by atomic mass is 31.1. The van der Waals surface area contributed by atoms with Crippen molar-refractivity contribution in [3.05, 3.63) is 23.5 Å². The minimum Gasteiger partial charge on any atom is -0.535 e. The Kier molecular flexibility index (Phi) is 5.21. The number of hydrogen-bond acceptors (Lipinski definition) is 8. The van der Waals surface area contributed by atoms with E-state index in [0.29, 0.717) is 26.1 Å². The molecule has 1 N–H and O–H groups in total. The summed E-state index contributed by atoms with van der Waals surface area (Å²) in [5.74, 6) is -1.85. The lowest BCUT2D eigenvalue weighted by Crippen LogP contribution is -2.35. The number of hydrogen-bond donors (Lipinski definition) is 1. The number of fused-ring (bicyclic) bond motifs is 3. The fourth-order valence-corrected chi connectivity index (χ4v) is 5.47. The van der Waals surface area contributed by atoms with Gasteiger partial charge >= 0.3 is 19.2 Å². The van der Waals surface area contributed by atoms with Crippen LogP contribution in [0.15, 0.2) is 12.1 Å². The van der Waals surface area contributed by atoms with Crippen molar-refractivity contribution in [3.63, 3.8) is 0 Å². The number of halogens is 1. The van der Waals surface area contributed by atoms with E-state index < -0.39 is 45.3 Å². The van der Waals surface area contributed by atoms with Gasteiger partial charge in [-0.1, -0.05) is 7.92 Å². The summed E-state index contributed by atoms with van der Waals surface area (Å²) < 4.78 is 39.3. The Balaban J connectivity index is 1.35. The maximum absolute atomic E-state index is 14.2. The Morgan fingerprint density at radius 3 is 2.85 bits per heavy atom. The van der Waals surface area contributed by atoms with E-state index in [2.05, 4.69) is 0 Å². The molecule has 0 bridgehead atoms. The second-order valence-electron chi connectivity index (χ2n) is 6.37. The fraction of sp³-hybridized carbons (Fsp3) is 0.500. The lowest BCUT2D eigenvalue weighted by molar-refractivity contribution is -0.0575. The van der Waals surface area contributed by atoms with Gasteiger partial charge in [0.25, 0.3) is 0 Å². The summed E-state index contributed by atoms with van der Waals surface area (Å²) in [6.45, 7) is 0.283. The van der Waals surface area contributed by atoms with Gasteiger partial charge in [0, 0.05) is 23.7 Å². The van der Waals surface area contributed by atoms with E-state index in [1.807, 2.05) is 0 Å². The highest BCUT2D eigenvalue weighted by molar-refractivity contribution is 7.76. The number of carbonyl (C=O) groups is 2. The number of esters is 1. The van der Waals surface area contributed by atoms with E-state index in [1.165, 1.54) is 6.07 Å². The number of rotatable bonds is 4. The summed E-state index contributed by atoms with van der Waals surface area (Å²) in [4.78, 5) is 23.9. The zero-order valence-corrected chi connectivity index (χ0v) is 15.2. The van der Waals surface area contributed by atoms with Gasteiger partial charge < -0.3 is 28.6 Å². The van der Waals surface area contributed by atoms with Crippen LogP contribution in [0.25, 0.3) is 0 Å². The van der Waals surface area contributed by atoms with Gasteiger partial charge in [-0.05, 0) is 18.3 Å². The first-order valence-electron chi connectivity index (χ1n) is 8.56. The van der Waals surface area contributed by atoms with Crippen molar-refractivity contribution < 1.29 is 42.6 Å². The van der Waals surface area contributed by atoms with Crippen LogP contribution >= 0.6 is 7.92 Å². The molecule has 3 aliphatic rings. The third-order valence-corrected chi connectivity index (χ3v) is 7.14. The predicted molar refractivity (Wildman–Crippen MR) is 91.9 cm³/mol. The minimum absolute atomic E-state index is 0.0112. The van der Waals surface area contributed by atoms with Gasteiger partial charge in [0.05, 0.1) is 13.2 Å². The standard InChI is InChI=1S/C16H17BFO8P/c18-10-1-2-11-14(26-17(21)12-7-27(11)12)13(10)15(19)23-8-24-16(20)25-9-3-5-22-6-4-9/h1-2,9,12,21H,3-8H2. The molecular formula is C16H17BFO8P. The van der Waals surface area contributed by atoms with Gasteiger partial charge in [0.15, 0.2) is 0 Å². The molecule has 0 aromatic heterocycles. The van der Waals surface area contributed by atoms with Crippen LogP contribution in [0.5, 0.6) is 5.75 Å². The van der Waals surface area contributed by atoms with Crippen LogP contribution in [-0.2, 0) is 18.9 Å². The predicted octanol–water partition coefficient (Wildman–Crippen LogP) is 1.17. The van der Waals surface area contributed by atoms with Crippen molar-refractivity contribution >= 4 is 32.5 Å². The quantitative estimate of drug-likeness (QED) is 0.349. The molecule has 1 aromatic carbocycles. The molecule has 1 aromatic rings. The lowest BCUT2D eigenvalue weighted by Gasteiger charge is -2.22. The van der Waals surface area contributed by atoms with E-state index in [9.17, 15) is 19.0 Å². The van der Waals surface area contributed by atoms with Crippen LogP contribution in [0.2, 0.25) is 0 Å². The van der Waals surface area contributed by atoms with Crippen LogP contribution in [0.4, 0.5) is 9.18 Å².